The molecule has 0 radical (unpaired) electrons. The predicted octanol–water partition coefficient (Wildman–Crippen LogP) is 36.1. The average Bonchev–Trinajstić information content (AvgIpc) is 1.72. The minimum atomic E-state index is -1.46. The minimum absolute atomic E-state index is 0.136. The Morgan fingerprint density at radius 3 is 0.576 bits per heavy atom. The van der Waals surface area contributed by atoms with Crippen molar-refractivity contribution < 1.29 is 56.8 Å². The fourth-order valence-electron chi connectivity index (χ4n) is 13.7. The lowest BCUT2D eigenvalue weighted by molar-refractivity contribution is 0.0342. The van der Waals surface area contributed by atoms with E-state index in [4.69, 9.17) is 56.8 Å². The molecule has 0 N–H and O–H groups in total. The summed E-state index contributed by atoms with van der Waals surface area (Å²) in [7, 11) is -4.15. The van der Waals surface area contributed by atoms with Crippen LogP contribution in [0.4, 0.5) is 0 Å². The fraction of sp³-hybridized carbons (Fsp3) is 0.719. The molecule has 10 fully saturated rings. The molecule has 10 aliphatic rings. The Morgan fingerprint density at radius 1 is 0.264 bits per heavy atom. The molecule has 4 saturated carbocycles. The molecule has 14 rings (SSSR count). The van der Waals surface area contributed by atoms with Crippen LogP contribution in [0.15, 0.2) is 197 Å². The number of epoxide rings is 6. The number of ether oxygens (including phenoxy) is 12. The Morgan fingerprint density at radius 2 is 0.444 bits per heavy atom. The van der Waals surface area contributed by atoms with Crippen molar-refractivity contribution in [3.63, 3.8) is 0 Å². The molecule has 6 unspecified atom stereocenters. The molecule has 4 aromatic carbocycles. The van der Waals surface area contributed by atoms with E-state index in [2.05, 4.69) is 400 Å². The standard InChI is InChI=1S/C14H28Si.C14H16Si.C9H20Si.C9H14Si.C8H16.C8H10.6C6H12O2.6C5H10/c2*1-15(2,13-9-5-3-6-10-13)14-11-7-4-8-12-14;2*1-10(2,3)9-7-5-4-6-8-9;2*1-2-8-6-4-3-5-7-8;6*1-5(2)3-7-6-4-8-6;6*1-4-5(2)3/h13-14H,3-12H2,1-2H3;3-12H,1-2H3;9H,4-8H2,1-3H3;4-8H,1-3H3;8H,2-7H2,1H3;3-7H,2H2,1H3;6*5-6H,3-4H2,1-2H3;6*4-5H,1H2,2-3H3. The van der Waals surface area contributed by atoms with Crippen LogP contribution in [0.1, 0.15) is 320 Å². The largest absolute Gasteiger partial charge is 0.350 e. The van der Waals surface area contributed by atoms with E-state index >= 15 is 0 Å². The molecule has 144 heavy (non-hydrogen) atoms. The summed E-state index contributed by atoms with van der Waals surface area (Å²) in [4.78, 5) is 0. The average molecular weight is 2080 g/mol. The van der Waals surface area contributed by atoms with Gasteiger partial charge in [-0.2, -0.15) is 0 Å². The highest BCUT2D eigenvalue weighted by Crippen LogP contribution is 2.48. The first-order valence-corrected chi connectivity index (χ1v) is 70.4. The van der Waals surface area contributed by atoms with Gasteiger partial charge in [0, 0.05) is 8.07 Å². The summed E-state index contributed by atoms with van der Waals surface area (Å²) >= 11 is 0. The molecule has 6 saturated heterocycles. The molecule has 6 heterocycles. The number of allylic oxidation sites excluding steroid dienone is 6. The molecule has 4 aromatic rings. The summed E-state index contributed by atoms with van der Waals surface area (Å²) < 4.78 is 60.2. The Labute approximate surface area is 898 Å². The van der Waals surface area contributed by atoms with Crippen molar-refractivity contribution in [3.05, 3.63) is 203 Å². The molecule has 836 valence electrons. The lowest BCUT2D eigenvalue weighted by Crippen LogP contribution is -2.52. The van der Waals surface area contributed by atoms with Crippen LogP contribution in [0.3, 0.4) is 0 Å². The van der Waals surface area contributed by atoms with Gasteiger partial charge in [-0.3, -0.25) is 0 Å². The Balaban J connectivity index is -0.000000728. The van der Waals surface area contributed by atoms with Crippen molar-refractivity contribution in [2.45, 2.75) is 441 Å². The van der Waals surface area contributed by atoms with E-state index in [9.17, 15) is 0 Å². The second kappa shape index (κ2) is 91.3. The topological polar surface area (TPSA) is 131 Å². The van der Waals surface area contributed by atoms with Crippen LogP contribution >= 0.6 is 0 Å². The van der Waals surface area contributed by atoms with Crippen LogP contribution < -0.4 is 15.6 Å². The van der Waals surface area contributed by atoms with Crippen LogP contribution in [0.5, 0.6) is 0 Å². The van der Waals surface area contributed by atoms with E-state index in [1.165, 1.54) is 141 Å². The van der Waals surface area contributed by atoms with Gasteiger partial charge in [0.25, 0.3) is 0 Å². The van der Waals surface area contributed by atoms with E-state index in [-0.39, 0.29) is 37.7 Å². The van der Waals surface area contributed by atoms with E-state index in [1.807, 2.05) is 42.5 Å². The molecule has 12 nitrogen and oxygen atoms in total. The Bertz CT molecular complexity index is 3130. The molecule has 0 bridgehead atoms. The van der Waals surface area contributed by atoms with Crippen molar-refractivity contribution in [2.75, 3.05) is 79.3 Å². The van der Waals surface area contributed by atoms with Crippen LogP contribution in [0, 0.1) is 76.9 Å². The lowest BCUT2D eigenvalue weighted by Gasteiger charge is -2.43. The highest BCUT2D eigenvalue weighted by molar-refractivity contribution is 7.00. The SMILES string of the molecule is C=CC(C)C.C=CC(C)C.C=CC(C)C.C=CC(C)C.C=CC(C)C.C=CC(C)C.CC(C)COC1CO1.CC(C)COC1CO1.CC(C)COC1CO1.CC(C)COC1CO1.CC(C)COC1CO1.CC(C)COC1CO1.CCC1CCCCC1.CCc1ccccc1.C[Si](C)(C)C1CCCCC1.C[Si](C)(C)c1ccccc1.C[Si](C)(C1CCCCC1)C1CCCCC1.C[Si](C)(c1ccccc1)c1ccccc1. The first kappa shape index (κ1) is 146. The molecule has 0 spiro atoms. The van der Waals surface area contributed by atoms with Gasteiger partial charge in [-0.25, -0.2) is 0 Å². The van der Waals surface area contributed by atoms with Crippen molar-refractivity contribution in [1.82, 2.24) is 0 Å². The first-order chi connectivity index (χ1) is 67.8. The maximum absolute atomic E-state index is 5.19. The third-order valence-corrected chi connectivity index (χ3v) is 38.7. The number of hydrogen-bond acceptors (Lipinski definition) is 12. The molecule has 0 amide bonds. The number of aryl methyl sites for hydroxylation is 1. The van der Waals surface area contributed by atoms with Gasteiger partial charge in [0.1, 0.15) is 47.7 Å². The summed E-state index contributed by atoms with van der Waals surface area (Å²) in [5.74, 6) is 8.72. The van der Waals surface area contributed by atoms with Gasteiger partial charge in [0.15, 0.2) is 37.7 Å². The summed E-state index contributed by atoms with van der Waals surface area (Å²) in [6.07, 6.45) is 45.5. The quantitative estimate of drug-likeness (QED) is 0.0262. The van der Waals surface area contributed by atoms with Gasteiger partial charge in [-0.15, -0.1) is 39.5 Å². The second-order valence-corrected chi connectivity index (χ2v) is 68.0. The van der Waals surface area contributed by atoms with Crippen LogP contribution in [0.25, 0.3) is 0 Å². The predicted molar refractivity (Wildman–Crippen MR) is 646 cm³/mol. The smallest absolute Gasteiger partial charge is 0.181 e. The van der Waals surface area contributed by atoms with Gasteiger partial charge in [-0.1, -0.05) is 554 Å². The zero-order valence-corrected chi connectivity index (χ0v) is 105. The Hall–Kier alpha value is -4.29. The van der Waals surface area contributed by atoms with Crippen molar-refractivity contribution in [2.24, 2.45) is 76.9 Å². The molecule has 6 aliphatic heterocycles. The summed E-state index contributed by atoms with van der Waals surface area (Å²) in [5.41, 5.74) is 4.90. The first-order valence-electron chi connectivity index (χ1n) is 57.2. The normalized spacial score (nSPS) is 18.9. The molecule has 16 heteroatoms. The van der Waals surface area contributed by atoms with Gasteiger partial charge in [-0.05, 0) is 106 Å². The monoisotopic (exact) mass is 2080 g/mol. The summed E-state index contributed by atoms with van der Waals surface area (Å²) in [5, 5.41) is 4.53. The number of benzene rings is 4. The van der Waals surface area contributed by atoms with Crippen molar-refractivity contribution in [1.29, 1.82) is 0 Å². The van der Waals surface area contributed by atoms with Gasteiger partial charge >= 0.3 is 0 Å². The van der Waals surface area contributed by atoms with Crippen LogP contribution in [0.2, 0.25) is 82.1 Å². The maximum atomic E-state index is 5.19. The second-order valence-electron chi connectivity index (χ2n) is 47.7. The van der Waals surface area contributed by atoms with E-state index in [0.29, 0.717) is 71.0 Å². The van der Waals surface area contributed by atoms with Gasteiger partial charge < -0.3 is 56.8 Å². The van der Waals surface area contributed by atoms with Crippen LogP contribution in [-0.2, 0) is 63.3 Å². The highest BCUT2D eigenvalue weighted by Gasteiger charge is 2.40. The fourth-order valence-corrected chi connectivity index (χ4v) is 23.9. The zero-order valence-electron chi connectivity index (χ0n) is 101. The van der Waals surface area contributed by atoms with Gasteiger partial charge in [0.2, 0.25) is 0 Å². The van der Waals surface area contributed by atoms with Crippen molar-refractivity contribution >= 4 is 47.9 Å². The molecule has 6 atom stereocenters. The number of hydrogen-bond donors (Lipinski definition) is 0. The molecule has 4 aliphatic carbocycles. The zero-order chi connectivity index (χ0) is 110. The molecule has 0 aromatic heterocycles. The summed E-state index contributed by atoms with van der Waals surface area (Å²) in [6, 6.07) is 42.9. The van der Waals surface area contributed by atoms with E-state index in [1.54, 1.807) is 25.7 Å². The highest BCUT2D eigenvalue weighted by atomic mass is 28.3. The van der Waals surface area contributed by atoms with E-state index in [0.717, 1.165) is 97.2 Å². The summed E-state index contributed by atoms with van der Waals surface area (Å²) in [6.45, 7) is 111. The van der Waals surface area contributed by atoms with Crippen LogP contribution in [-0.4, -0.2) is 149 Å². The van der Waals surface area contributed by atoms with E-state index < -0.39 is 32.3 Å². The number of rotatable bonds is 32. The third kappa shape index (κ3) is 101. The lowest BCUT2D eigenvalue weighted by atomic mass is 9.88. The van der Waals surface area contributed by atoms with Crippen molar-refractivity contribution in [3.8, 4) is 0 Å². The third-order valence-electron chi connectivity index (χ3n) is 24.7. The molecular formula is C128H236O12Si4. The Kier molecular flexibility index (Phi) is 92.6. The van der Waals surface area contributed by atoms with Gasteiger partial charge in [0.05, 0.1) is 55.8 Å². The maximum Gasteiger partial charge on any atom is 0.181 e. The minimum Gasteiger partial charge on any atom is -0.350 e. The molecular weight excluding hydrogens is 1840 g/mol.